The second-order valence-electron chi connectivity index (χ2n) is 3.57. The Labute approximate surface area is 112 Å². The summed E-state index contributed by atoms with van der Waals surface area (Å²) in [6, 6.07) is 0. The zero-order valence-electron chi connectivity index (χ0n) is 9.46. The van der Waals surface area contributed by atoms with Gasteiger partial charge in [-0.2, -0.15) is 13.2 Å². The number of nitrogens with zero attached hydrogens (tertiary/aromatic N) is 2. The van der Waals surface area contributed by atoms with Gasteiger partial charge in [-0.3, -0.25) is 4.79 Å². The fourth-order valence-electron chi connectivity index (χ4n) is 0.913. The number of alkyl halides is 5. The van der Waals surface area contributed by atoms with Crippen molar-refractivity contribution < 1.29 is 22.7 Å². The van der Waals surface area contributed by atoms with E-state index < -0.39 is 29.1 Å². The molecule has 0 aromatic carbocycles. The molecule has 0 bridgehead atoms. The molecule has 0 aliphatic heterocycles. The van der Waals surface area contributed by atoms with Crippen LogP contribution in [0.25, 0.3) is 5.53 Å². The molecule has 0 radical (unpaired) electrons. The van der Waals surface area contributed by atoms with E-state index in [-0.39, 0.29) is 0 Å². The Bertz CT molecular complexity index is 352. The highest BCUT2D eigenvalue weighted by Crippen LogP contribution is 2.44. The minimum atomic E-state index is -5.00. The van der Waals surface area contributed by atoms with Crippen LogP contribution in [0.2, 0.25) is 0 Å². The predicted molar refractivity (Wildman–Crippen MR) is 60.5 cm³/mol. The molecule has 0 rings (SSSR count). The highest BCUT2D eigenvalue weighted by molar-refractivity contribution is 6.49. The molecule has 0 saturated carbocycles. The van der Waals surface area contributed by atoms with Crippen LogP contribution in [-0.2, 0) is 9.53 Å². The molecule has 0 fully saturated rings. The third-order valence-corrected chi connectivity index (χ3v) is 2.54. The zero-order chi connectivity index (χ0) is 14.6. The summed E-state index contributed by atoms with van der Waals surface area (Å²) < 4.78 is 39.0. The van der Waals surface area contributed by atoms with E-state index in [1.165, 1.54) is 13.8 Å². The van der Waals surface area contributed by atoms with E-state index in [0.717, 1.165) is 6.08 Å². The average molecular weight is 306 g/mol. The number of esters is 1. The van der Waals surface area contributed by atoms with Crippen LogP contribution in [0, 0.1) is 0 Å². The van der Waals surface area contributed by atoms with E-state index in [9.17, 15) is 18.0 Å². The molecule has 1 atom stereocenters. The van der Waals surface area contributed by atoms with Crippen LogP contribution in [0.3, 0.4) is 0 Å². The van der Waals surface area contributed by atoms with Crippen molar-refractivity contribution in [2.24, 2.45) is 5.11 Å². The van der Waals surface area contributed by atoms with E-state index in [1.54, 1.807) is 0 Å². The third kappa shape index (κ3) is 4.81. The summed E-state index contributed by atoms with van der Waals surface area (Å²) in [5.74, 6) is -1.19. The summed E-state index contributed by atoms with van der Waals surface area (Å²) in [6.45, 7) is 2.16. The van der Waals surface area contributed by atoms with Gasteiger partial charge < -0.3 is 15.4 Å². The maximum absolute atomic E-state index is 12.6. The predicted octanol–water partition coefficient (Wildman–Crippen LogP) is 3.62. The molecule has 0 aromatic heterocycles. The van der Waals surface area contributed by atoms with Gasteiger partial charge in [-0.15, -0.1) is 0 Å². The van der Waals surface area contributed by atoms with Gasteiger partial charge in [-0.1, -0.05) is 28.8 Å². The maximum Gasteiger partial charge on any atom is 0.425 e. The first-order valence-electron chi connectivity index (χ1n) is 4.62. The molecule has 9 heteroatoms. The van der Waals surface area contributed by atoms with Crippen molar-refractivity contribution in [2.45, 2.75) is 30.5 Å². The summed E-state index contributed by atoms with van der Waals surface area (Å²) >= 11 is 10.4. The van der Waals surface area contributed by atoms with Crippen LogP contribution in [0.15, 0.2) is 16.8 Å². The van der Waals surface area contributed by atoms with Crippen molar-refractivity contribution in [3.05, 3.63) is 17.2 Å². The minimum Gasteiger partial charge on any atom is -0.711 e. The van der Waals surface area contributed by atoms with Crippen molar-refractivity contribution in [3.8, 4) is 0 Å². The monoisotopic (exact) mass is 305 g/mol. The third-order valence-electron chi connectivity index (χ3n) is 1.68. The smallest absolute Gasteiger partial charge is 0.425 e. The Balaban J connectivity index is 5.19. The topological polar surface area (TPSA) is 61.0 Å². The highest BCUT2D eigenvalue weighted by Gasteiger charge is 2.58. The second-order valence-corrected chi connectivity index (χ2v) is 4.96. The number of carbonyl (C=O) groups is 1. The molecule has 0 spiro atoms. The van der Waals surface area contributed by atoms with Gasteiger partial charge in [0.1, 0.15) is 6.54 Å². The summed E-state index contributed by atoms with van der Waals surface area (Å²) in [5.41, 5.74) is 8.53. The van der Waals surface area contributed by atoms with Gasteiger partial charge in [0.25, 0.3) is 4.33 Å². The number of rotatable bonds is 5. The number of ether oxygens (including phenoxy) is 1. The number of halogens is 5. The maximum atomic E-state index is 12.6. The van der Waals surface area contributed by atoms with E-state index in [4.69, 9.17) is 28.7 Å². The number of carbonyl (C=O) groups excluding carboxylic acids is 1. The molecule has 4 nitrogen and oxygen atoms in total. The lowest BCUT2D eigenvalue weighted by molar-refractivity contribution is -0.171. The van der Waals surface area contributed by atoms with Gasteiger partial charge >= 0.3 is 12.1 Å². The van der Waals surface area contributed by atoms with Gasteiger partial charge in [0.05, 0.1) is 0 Å². The second kappa shape index (κ2) is 6.38. The fraction of sp³-hybridized carbons (Fsp3) is 0.667. The van der Waals surface area contributed by atoms with Crippen molar-refractivity contribution in [3.63, 3.8) is 0 Å². The van der Waals surface area contributed by atoms with Crippen molar-refractivity contribution >= 4 is 29.2 Å². The summed E-state index contributed by atoms with van der Waals surface area (Å²) in [5, 5.41) is 2.45. The van der Waals surface area contributed by atoms with Crippen LogP contribution in [0.5, 0.6) is 0 Å². The highest BCUT2D eigenvalue weighted by atomic mass is 35.5. The Kier molecular flexibility index (Phi) is 6.09. The lowest BCUT2D eigenvalue weighted by atomic mass is 10.1. The van der Waals surface area contributed by atoms with E-state index >= 15 is 0 Å². The molecule has 0 saturated heterocycles. The van der Waals surface area contributed by atoms with Gasteiger partial charge in [0.15, 0.2) is 6.10 Å². The van der Waals surface area contributed by atoms with E-state index in [2.05, 4.69) is 9.85 Å². The first kappa shape index (κ1) is 17.2. The zero-order valence-corrected chi connectivity index (χ0v) is 11.0. The van der Waals surface area contributed by atoms with Gasteiger partial charge in [-0.25, -0.2) is 0 Å². The minimum absolute atomic E-state index is 0.420. The van der Waals surface area contributed by atoms with Gasteiger partial charge in [0, 0.05) is 0 Å². The van der Waals surface area contributed by atoms with Crippen LogP contribution < -0.4 is 0 Å². The molecular formula is C9H10Cl2F3N2O2-. The van der Waals surface area contributed by atoms with Crippen molar-refractivity contribution in [1.29, 1.82) is 0 Å². The van der Waals surface area contributed by atoms with Crippen LogP contribution in [-0.4, -0.2) is 29.1 Å². The van der Waals surface area contributed by atoms with E-state index in [1.807, 2.05) is 0 Å². The Morgan fingerprint density at radius 1 is 1.44 bits per heavy atom. The van der Waals surface area contributed by atoms with Crippen LogP contribution in [0.4, 0.5) is 13.2 Å². The molecule has 1 unspecified atom stereocenters. The van der Waals surface area contributed by atoms with Crippen molar-refractivity contribution in [2.75, 3.05) is 6.54 Å². The molecule has 0 aromatic rings. The molecule has 0 amide bonds. The summed E-state index contributed by atoms with van der Waals surface area (Å²) in [7, 11) is 0. The lowest BCUT2D eigenvalue weighted by Crippen LogP contribution is -2.46. The quantitative estimate of drug-likeness (QED) is 0.337. The lowest BCUT2D eigenvalue weighted by Gasteiger charge is -2.29. The fourth-order valence-corrected chi connectivity index (χ4v) is 1.13. The molecule has 104 valence electrons. The largest absolute Gasteiger partial charge is 0.711 e. The van der Waals surface area contributed by atoms with Crippen LogP contribution in [0.1, 0.15) is 13.8 Å². The Hall–Kier alpha value is -0.820. The summed E-state index contributed by atoms with van der Waals surface area (Å²) in [4.78, 5) is 11.0. The SMILES string of the molecule is CC(C)=CC(OC(=O)CN=[N-])C(Cl)(Cl)C(F)(F)F. The molecule has 18 heavy (non-hydrogen) atoms. The Morgan fingerprint density at radius 2 is 1.94 bits per heavy atom. The number of hydrogen-bond acceptors (Lipinski definition) is 3. The number of allylic oxidation sites excluding steroid dienone is 1. The molecule has 0 heterocycles. The first-order valence-corrected chi connectivity index (χ1v) is 5.38. The summed E-state index contributed by atoms with van der Waals surface area (Å²) in [6.07, 6.45) is -5.97. The molecule has 0 N–H and O–H groups in total. The van der Waals surface area contributed by atoms with E-state index in [0.29, 0.717) is 5.57 Å². The van der Waals surface area contributed by atoms with Crippen LogP contribution >= 0.6 is 23.2 Å². The van der Waals surface area contributed by atoms with Crippen molar-refractivity contribution in [1.82, 2.24) is 0 Å². The normalized spacial score (nSPS) is 13.7. The Morgan fingerprint density at radius 3 is 2.28 bits per heavy atom. The first-order chi connectivity index (χ1) is 8.02. The molecular weight excluding hydrogens is 296 g/mol. The molecule has 0 aliphatic carbocycles. The van der Waals surface area contributed by atoms with Gasteiger partial charge in [0.2, 0.25) is 0 Å². The standard InChI is InChI=1S/C9H10Cl2F3N2O2/c1-5(2)3-6(18-7(17)4-16-15)8(10,11)9(12,13)14/h3,6H,4H2,1-2H3/q-1. The number of hydrogen-bond donors (Lipinski definition) is 0. The van der Waals surface area contributed by atoms with Gasteiger partial charge in [-0.05, 0) is 19.9 Å². The average Bonchev–Trinajstić information content (AvgIpc) is 2.14. The molecule has 0 aliphatic rings.